The third-order valence-corrected chi connectivity index (χ3v) is 11.6. The van der Waals surface area contributed by atoms with E-state index in [2.05, 4.69) is 99.8 Å². The van der Waals surface area contributed by atoms with Crippen molar-refractivity contribution in [3.05, 3.63) is 96.9 Å². The van der Waals surface area contributed by atoms with E-state index in [4.69, 9.17) is 14.5 Å². The van der Waals surface area contributed by atoms with Gasteiger partial charge < -0.3 is 39.9 Å². The average Bonchev–Trinajstić information content (AvgIpc) is 4.07. The van der Waals surface area contributed by atoms with E-state index in [9.17, 15) is 19.2 Å². The molecule has 2 fully saturated rings. The van der Waals surface area contributed by atoms with Gasteiger partial charge in [-0.25, -0.2) is 19.6 Å². The largest absolute Gasteiger partial charge is 0.453 e. The van der Waals surface area contributed by atoms with Gasteiger partial charge in [0.25, 0.3) is 0 Å². The van der Waals surface area contributed by atoms with Crippen molar-refractivity contribution in [2.45, 2.75) is 71.6 Å². The number of H-pyrrole nitrogens is 2. The average molecular weight is 815 g/mol. The summed E-state index contributed by atoms with van der Waals surface area (Å²) in [7, 11) is 2.57. The van der Waals surface area contributed by atoms with Crippen molar-refractivity contribution in [3.8, 4) is 33.6 Å². The molecule has 0 spiro atoms. The van der Waals surface area contributed by atoms with Crippen molar-refractivity contribution in [3.63, 3.8) is 0 Å². The van der Waals surface area contributed by atoms with Crippen LogP contribution in [0.2, 0.25) is 0 Å². The molecule has 14 nitrogen and oxygen atoms in total. The van der Waals surface area contributed by atoms with E-state index in [-0.39, 0.29) is 41.7 Å². The van der Waals surface area contributed by atoms with Crippen LogP contribution in [0.4, 0.5) is 9.59 Å². The van der Waals surface area contributed by atoms with E-state index < -0.39 is 24.3 Å². The van der Waals surface area contributed by atoms with Crippen molar-refractivity contribution in [1.29, 1.82) is 0 Å². The lowest BCUT2D eigenvalue weighted by molar-refractivity contribution is -0.136. The molecule has 0 bridgehead atoms. The number of aromatic nitrogens is 4. The normalized spacial score (nSPS) is 18.9. The van der Waals surface area contributed by atoms with E-state index >= 15 is 0 Å². The maximum atomic E-state index is 13.7. The summed E-state index contributed by atoms with van der Waals surface area (Å²) in [6.45, 7) is 14.8. The number of hydrogen-bond acceptors (Lipinski definition) is 8. The van der Waals surface area contributed by atoms with E-state index in [1.165, 1.54) is 14.2 Å². The molecule has 7 rings (SSSR count). The molecule has 14 heteroatoms. The molecular weight excluding hydrogens is 761 g/mol. The number of nitrogens with zero attached hydrogens (tertiary/aromatic N) is 4. The molecule has 5 atom stereocenters. The van der Waals surface area contributed by atoms with Gasteiger partial charge in [0, 0.05) is 18.7 Å². The standard InChI is InChI=1S/C46H54N8O6/c1-25(2)39(51-45(57)59-7)43(55)53-23-27(5)17-37(53)41-47-21-35(49-41)30-11-9-29(10-12-30)31-13-14-33-20-34(16-15-32(33)19-31)36-22-48-42(50-36)38-18-28(6)24-54(38)44(56)40(26(3)4)52-46(58)60-8/h9-16,19-22,25-26,28,37-40H,5,17-18,23-24H2,1-4,6-8H3,(H,47,49)(H,48,50)(H,51,57)(H,52,58)/t28?,37-,38-,39-,40-/m0/s1. The molecule has 4 heterocycles. The highest BCUT2D eigenvalue weighted by atomic mass is 16.5. The molecular formula is C46H54N8O6. The number of methoxy groups -OCH3 is 2. The van der Waals surface area contributed by atoms with Gasteiger partial charge in [0.1, 0.15) is 23.7 Å². The fourth-order valence-electron chi connectivity index (χ4n) is 8.32. The van der Waals surface area contributed by atoms with Gasteiger partial charge >= 0.3 is 12.2 Å². The minimum atomic E-state index is -0.741. The van der Waals surface area contributed by atoms with Gasteiger partial charge in [-0.1, -0.05) is 95.3 Å². The zero-order valence-corrected chi connectivity index (χ0v) is 35.2. The van der Waals surface area contributed by atoms with Crippen LogP contribution in [0, 0.1) is 17.8 Å². The van der Waals surface area contributed by atoms with Gasteiger partial charge in [0.2, 0.25) is 11.8 Å². The van der Waals surface area contributed by atoms with Crippen LogP contribution in [-0.2, 0) is 19.1 Å². The topological polar surface area (TPSA) is 175 Å². The quantitative estimate of drug-likeness (QED) is 0.0978. The Kier molecular flexibility index (Phi) is 12.1. The maximum absolute atomic E-state index is 13.7. The number of hydrogen-bond donors (Lipinski definition) is 4. The van der Waals surface area contributed by atoms with Crippen LogP contribution in [0.5, 0.6) is 0 Å². The van der Waals surface area contributed by atoms with Gasteiger partial charge in [-0.05, 0) is 70.2 Å². The summed E-state index contributed by atoms with van der Waals surface area (Å²) in [5.74, 6) is 1.06. The molecule has 60 heavy (non-hydrogen) atoms. The van der Waals surface area contributed by atoms with Crippen LogP contribution in [0.25, 0.3) is 44.4 Å². The summed E-state index contributed by atoms with van der Waals surface area (Å²) < 4.78 is 9.56. The fourth-order valence-corrected chi connectivity index (χ4v) is 8.32. The first-order valence-electron chi connectivity index (χ1n) is 20.5. The molecule has 4 amide bonds. The van der Waals surface area contributed by atoms with E-state index in [0.29, 0.717) is 25.3 Å². The highest BCUT2D eigenvalue weighted by Crippen LogP contribution is 2.38. The number of carbonyl (C=O) groups is 4. The third kappa shape index (κ3) is 8.63. The number of imidazole rings is 2. The summed E-state index contributed by atoms with van der Waals surface area (Å²) in [5, 5.41) is 7.58. The number of amides is 4. The second-order valence-electron chi connectivity index (χ2n) is 16.7. The molecule has 2 aliphatic heterocycles. The molecule has 2 aliphatic rings. The number of ether oxygens (including phenoxy) is 2. The van der Waals surface area contributed by atoms with Crippen molar-refractivity contribution < 1.29 is 28.7 Å². The molecule has 2 saturated heterocycles. The van der Waals surface area contributed by atoms with E-state index in [1.54, 1.807) is 11.1 Å². The number of carbonyl (C=O) groups excluding carboxylic acids is 4. The van der Waals surface area contributed by atoms with Gasteiger partial charge in [-0.2, -0.15) is 0 Å². The Morgan fingerprint density at radius 3 is 1.75 bits per heavy atom. The Labute approximate surface area is 350 Å². The molecule has 3 aromatic carbocycles. The van der Waals surface area contributed by atoms with Crippen LogP contribution >= 0.6 is 0 Å². The Morgan fingerprint density at radius 1 is 0.700 bits per heavy atom. The van der Waals surface area contributed by atoms with Crippen molar-refractivity contribution in [2.24, 2.45) is 17.8 Å². The molecule has 5 aromatic rings. The highest BCUT2D eigenvalue weighted by molar-refractivity contribution is 5.91. The molecule has 2 aromatic heterocycles. The Hall–Kier alpha value is -6.44. The zero-order chi connectivity index (χ0) is 42.8. The fraction of sp³-hybridized carbons (Fsp3) is 0.391. The lowest BCUT2D eigenvalue weighted by Gasteiger charge is -2.30. The number of likely N-dealkylation sites (tertiary alicyclic amines) is 2. The Balaban J connectivity index is 1.04. The number of rotatable bonds is 11. The van der Waals surface area contributed by atoms with Gasteiger partial charge in [-0.15, -0.1) is 0 Å². The first-order chi connectivity index (χ1) is 28.7. The lowest BCUT2D eigenvalue weighted by atomic mass is 9.98. The van der Waals surface area contributed by atoms with Crippen LogP contribution in [0.3, 0.4) is 0 Å². The Bertz CT molecular complexity index is 2400. The second-order valence-corrected chi connectivity index (χ2v) is 16.7. The van der Waals surface area contributed by atoms with Crippen molar-refractivity contribution >= 4 is 34.8 Å². The first kappa shape index (κ1) is 41.7. The van der Waals surface area contributed by atoms with Crippen molar-refractivity contribution in [2.75, 3.05) is 27.3 Å². The highest BCUT2D eigenvalue weighted by Gasteiger charge is 2.41. The number of aromatic amines is 2. The molecule has 314 valence electrons. The van der Waals surface area contributed by atoms with Crippen LogP contribution < -0.4 is 10.6 Å². The van der Waals surface area contributed by atoms with Crippen molar-refractivity contribution in [1.82, 2.24) is 40.4 Å². The minimum Gasteiger partial charge on any atom is -0.453 e. The maximum Gasteiger partial charge on any atom is 0.407 e. The molecule has 0 aliphatic carbocycles. The van der Waals surface area contributed by atoms with E-state index in [0.717, 1.165) is 62.2 Å². The van der Waals surface area contributed by atoms with Gasteiger partial charge in [0.05, 0.1) is 50.1 Å². The number of fused-ring (bicyclic) bond motifs is 1. The number of alkyl carbamates (subject to hydrolysis) is 2. The summed E-state index contributed by atoms with van der Waals surface area (Å²) in [6.07, 6.45) is 3.67. The second kappa shape index (κ2) is 17.4. The zero-order valence-electron chi connectivity index (χ0n) is 35.2. The lowest BCUT2D eigenvalue weighted by Crippen LogP contribution is -2.51. The van der Waals surface area contributed by atoms with Crippen LogP contribution in [0.1, 0.15) is 71.2 Å². The van der Waals surface area contributed by atoms with Gasteiger partial charge in [-0.3, -0.25) is 9.59 Å². The van der Waals surface area contributed by atoms with E-state index in [1.807, 2.05) is 38.8 Å². The summed E-state index contributed by atoms with van der Waals surface area (Å²) in [5.41, 5.74) is 6.70. The van der Waals surface area contributed by atoms with Gasteiger partial charge in [0.15, 0.2) is 0 Å². The SMILES string of the molecule is C=C1C[C@@H](c2ncc(-c3ccc(-c4ccc5cc(-c6cnc([C@@H]7CC(C)CN7C(=O)[C@@H](NC(=O)OC)C(C)C)[nH]6)ccc5c4)cc3)[nH]2)N(C(=O)[C@@H](NC(=O)OC)C(C)C)C1. The number of benzene rings is 3. The third-order valence-electron chi connectivity index (χ3n) is 11.6. The smallest absolute Gasteiger partial charge is 0.407 e. The molecule has 0 radical (unpaired) electrons. The Morgan fingerprint density at radius 2 is 1.18 bits per heavy atom. The first-order valence-corrected chi connectivity index (χ1v) is 20.5. The summed E-state index contributed by atoms with van der Waals surface area (Å²) in [6, 6.07) is 19.0. The van der Waals surface area contributed by atoms with Crippen LogP contribution in [-0.4, -0.2) is 93.1 Å². The predicted octanol–water partition coefficient (Wildman–Crippen LogP) is 7.79. The molecule has 1 unspecified atom stereocenters. The monoisotopic (exact) mass is 814 g/mol. The molecule has 0 saturated carbocycles. The summed E-state index contributed by atoms with van der Waals surface area (Å²) in [4.78, 5) is 71.4. The predicted molar refractivity (Wildman–Crippen MR) is 229 cm³/mol. The number of nitrogens with one attached hydrogen (secondary N) is 4. The minimum absolute atomic E-state index is 0.117. The van der Waals surface area contributed by atoms with Crippen LogP contribution in [0.15, 0.2) is 85.2 Å². The molecule has 4 N–H and O–H groups in total. The summed E-state index contributed by atoms with van der Waals surface area (Å²) >= 11 is 0.